The van der Waals surface area contributed by atoms with E-state index in [2.05, 4.69) is 33.0 Å². The lowest BCUT2D eigenvalue weighted by Gasteiger charge is -2.64. The molecule has 0 radical (unpaired) electrons. The smallest absolute Gasteiger partial charge is 0.328 e. The Bertz CT molecular complexity index is 1280. The van der Waals surface area contributed by atoms with Gasteiger partial charge >= 0.3 is 6.03 Å². The molecule has 4 aliphatic rings. The Balaban J connectivity index is 1.22. The minimum absolute atomic E-state index is 0.0564. The summed E-state index contributed by atoms with van der Waals surface area (Å²) in [4.78, 5) is 11.5. The van der Waals surface area contributed by atoms with Gasteiger partial charge in [0, 0.05) is 6.54 Å². The molecule has 0 spiro atoms. The Hall–Kier alpha value is -1.81. The largest absolute Gasteiger partial charge is 0.393 e. The lowest BCUT2D eigenvalue weighted by molar-refractivity contribution is -0.199. The van der Waals surface area contributed by atoms with Gasteiger partial charge in [0.1, 0.15) is 22.7 Å². The van der Waals surface area contributed by atoms with Crippen LogP contribution in [0.1, 0.15) is 85.5 Å². The molecule has 0 bridgehead atoms. The van der Waals surface area contributed by atoms with Crippen LogP contribution in [0.4, 0.5) is 18.0 Å². The van der Waals surface area contributed by atoms with Gasteiger partial charge in [-0.25, -0.2) is 31.1 Å². The average molecular weight is 613 g/mol. The third-order valence-corrected chi connectivity index (χ3v) is 13.8. The third-order valence-electron chi connectivity index (χ3n) is 12.4. The summed E-state index contributed by atoms with van der Waals surface area (Å²) in [7, 11) is -4.57. The molecule has 0 heterocycles. The summed E-state index contributed by atoms with van der Waals surface area (Å²) in [6.45, 7) is 9.31. The molecule has 42 heavy (non-hydrogen) atoms. The van der Waals surface area contributed by atoms with Crippen LogP contribution in [-0.4, -0.2) is 38.4 Å². The molecule has 0 aromatic heterocycles. The van der Waals surface area contributed by atoms with Crippen molar-refractivity contribution in [2.45, 2.75) is 103 Å². The first-order chi connectivity index (χ1) is 19.7. The maximum Gasteiger partial charge on any atom is 0.328 e. The van der Waals surface area contributed by atoms with Crippen LogP contribution in [0.2, 0.25) is 0 Å². The van der Waals surface area contributed by atoms with Crippen LogP contribution >= 0.6 is 0 Å². The van der Waals surface area contributed by atoms with Crippen LogP contribution in [0.5, 0.6) is 0 Å². The van der Waals surface area contributed by atoms with E-state index in [9.17, 15) is 31.5 Å². The average Bonchev–Trinajstić information content (AvgIpc) is 3.28. The highest BCUT2D eigenvalue weighted by Gasteiger charge is 2.64. The van der Waals surface area contributed by atoms with E-state index in [1.165, 1.54) is 0 Å². The second-order valence-corrected chi connectivity index (χ2v) is 15.9. The number of benzene rings is 1. The van der Waals surface area contributed by atoms with Gasteiger partial charge in [0.25, 0.3) is 10.0 Å². The number of urea groups is 1. The molecule has 4 fully saturated rings. The molecule has 4 saturated carbocycles. The summed E-state index contributed by atoms with van der Waals surface area (Å²) >= 11 is 0. The van der Waals surface area contributed by atoms with Crippen LogP contribution in [-0.2, 0) is 10.0 Å². The standard InChI is InChI=1S/C32H47F3N2O4S/c1-5-21-25-16-20(34)10-13-32(25,4)24-11-14-31(3)22(7-8-23(31)28(24)29(21)38)18(2)12-15-36-30(39)37-42(40,41)27-17-19(33)6-9-26(27)35/h6,9,17-18,20-25,28-29,38H,5,7-8,10-16H2,1-4H3,(H2,36,37,39)/t18-,20+,21-,22-,23+,24+,25+,28+,29-,31-,32-/m1/s1. The summed E-state index contributed by atoms with van der Waals surface area (Å²) in [6, 6.07) is 1.07. The first-order valence-corrected chi connectivity index (χ1v) is 17.3. The highest BCUT2D eigenvalue weighted by Crippen LogP contribution is 2.69. The molecule has 1 aromatic rings. The molecule has 0 saturated heterocycles. The number of hydrogen-bond donors (Lipinski definition) is 3. The fraction of sp³-hybridized carbons (Fsp3) is 0.781. The van der Waals surface area contributed by atoms with Crippen molar-refractivity contribution in [2.75, 3.05) is 6.54 Å². The molecule has 5 rings (SSSR count). The van der Waals surface area contributed by atoms with Gasteiger partial charge in [0.05, 0.1) is 6.10 Å². The van der Waals surface area contributed by atoms with E-state index < -0.39 is 44.9 Å². The van der Waals surface area contributed by atoms with E-state index in [0.29, 0.717) is 49.1 Å². The number of hydrogen-bond acceptors (Lipinski definition) is 4. The molecule has 10 heteroatoms. The first kappa shape index (κ1) is 31.6. The van der Waals surface area contributed by atoms with Gasteiger partial charge in [0.2, 0.25) is 0 Å². The van der Waals surface area contributed by atoms with Crippen molar-refractivity contribution < 1.29 is 31.5 Å². The Morgan fingerprint density at radius 1 is 1.07 bits per heavy atom. The van der Waals surface area contributed by atoms with Crippen LogP contribution < -0.4 is 10.0 Å². The molecule has 0 unspecified atom stereocenters. The van der Waals surface area contributed by atoms with Crippen molar-refractivity contribution >= 4 is 16.1 Å². The Kier molecular flexibility index (Phi) is 8.73. The van der Waals surface area contributed by atoms with Crippen molar-refractivity contribution in [1.82, 2.24) is 10.0 Å². The minimum Gasteiger partial charge on any atom is -0.393 e. The number of aliphatic hydroxyl groups excluding tert-OH is 1. The van der Waals surface area contributed by atoms with E-state index in [-0.39, 0.29) is 41.0 Å². The van der Waals surface area contributed by atoms with Crippen molar-refractivity contribution in [3.8, 4) is 0 Å². The number of sulfonamides is 1. The normalized spacial score (nSPS) is 40.4. The number of aliphatic hydroxyl groups is 1. The molecule has 0 aliphatic heterocycles. The highest BCUT2D eigenvalue weighted by atomic mass is 32.2. The zero-order valence-corrected chi connectivity index (χ0v) is 26.0. The van der Waals surface area contributed by atoms with Crippen molar-refractivity contribution in [3.05, 3.63) is 29.8 Å². The fourth-order valence-electron chi connectivity index (χ4n) is 10.4. The van der Waals surface area contributed by atoms with Gasteiger partial charge in [-0.1, -0.05) is 34.1 Å². The van der Waals surface area contributed by atoms with Gasteiger partial charge in [-0.15, -0.1) is 0 Å². The van der Waals surface area contributed by atoms with Gasteiger partial charge in [-0.3, -0.25) is 0 Å². The summed E-state index contributed by atoms with van der Waals surface area (Å²) in [5.41, 5.74) is 0.130. The zero-order chi connectivity index (χ0) is 30.6. The molecular weight excluding hydrogens is 565 g/mol. The monoisotopic (exact) mass is 612 g/mol. The fourth-order valence-corrected chi connectivity index (χ4v) is 11.4. The number of nitrogens with one attached hydrogen (secondary N) is 2. The molecule has 236 valence electrons. The molecule has 2 amide bonds. The maximum absolute atomic E-state index is 14.6. The second-order valence-electron chi connectivity index (χ2n) is 14.3. The predicted molar refractivity (Wildman–Crippen MR) is 155 cm³/mol. The minimum atomic E-state index is -4.57. The second kappa shape index (κ2) is 11.6. The van der Waals surface area contributed by atoms with Gasteiger partial charge < -0.3 is 10.4 Å². The molecule has 11 atom stereocenters. The quantitative estimate of drug-likeness (QED) is 0.324. The number of amides is 2. The number of carbonyl (C=O) groups is 1. The van der Waals surface area contributed by atoms with Gasteiger partial charge in [0.15, 0.2) is 0 Å². The van der Waals surface area contributed by atoms with E-state index in [1.807, 2.05) is 0 Å². The van der Waals surface area contributed by atoms with E-state index in [1.54, 1.807) is 4.72 Å². The number of alkyl halides is 1. The van der Waals surface area contributed by atoms with Crippen molar-refractivity contribution in [2.24, 2.45) is 52.3 Å². The van der Waals surface area contributed by atoms with E-state index >= 15 is 0 Å². The van der Waals surface area contributed by atoms with Crippen LogP contribution in [0, 0.1) is 63.9 Å². The molecular formula is C32H47F3N2O4S. The number of fused-ring (bicyclic) bond motifs is 5. The number of carbonyl (C=O) groups excluding carboxylic acids is 1. The lowest BCUT2D eigenvalue weighted by atomic mass is 9.41. The Labute approximate surface area is 248 Å². The first-order valence-electron chi connectivity index (χ1n) is 15.8. The number of halogens is 3. The van der Waals surface area contributed by atoms with Crippen molar-refractivity contribution in [3.63, 3.8) is 0 Å². The van der Waals surface area contributed by atoms with E-state index in [4.69, 9.17) is 0 Å². The zero-order valence-electron chi connectivity index (χ0n) is 25.2. The maximum atomic E-state index is 14.6. The topological polar surface area (TPSA) is 95.5 Å². The SMILES string of the molecule is CC[C@H]1[C@@H](O)[C@@H]2[C@H](CC[C@]3(C)[C@@H]([C@H](C)CCNC(=O)NS(=O)(=O)c4cc(F)ccc4F)CC[C@@H]23)[C@@]2(C)CC[C@H](F)C[C@@H]12. The molecule has 1 aromatic carbocycles. The van der Waals surface area contributed by atoms with Crippen LogP contribution in [0.15, 0.2) is 23.1 Å². The number of rotatable bonds is 7. The third kappa shape index (κ3) is 5.37. The summed E-state index contributed by atoms with van der Waals surface area (Å²) in [5.74, 6) is -0.00528. The van der Waals surface area contributed by atoms with E-state index in [0.717, 1.165) is 44.6 Å². The lowest BCUT2D eigenvalue weighted by Crippen LogP contribution is -2.62. The summed E-state index contributed by atoms with van der Waals surface area (Å²) in [6.07, 6.45) is 6.68. The molecule has 6 nitrogen and oxygen atoms in total. The molecule has 3 N–H and O–H groups in total. The van der Waals surface area contributed by atoms with Crippen LogP contribution in [0.3, 0.4) is 0 Å². The van der Waals surface area contributed by atoms with Crippen LogP contribution in [0.25, 0.3) is 0 Å². The van der Waals surface area contributed by atoms with Gasteiger partial charge in [-0.2, -0.15) is 0 Å². The highest BCUT2D eigenvalue weighted by molar-refractivity contribution is 7.90. The predicted octanol–water partition coefficient (Wildman–Crippen LogP) is 6.58. The molecule has 4 aliphatic carbocycles. The van der Waals surface area contributed by atoms with Crippen molar-refractivity contribution in [1.29, 1.82) is 0 Å². The summed E-state index contributed by atoms with van der Waals surface area (Å²) in [5, 5.41) is 14.4. The Morgan fingerprint density at radius 2 is 1.76 bits per heavy atom. The Morgan fingerprint density at radius 3 is 2.48 bits per heavy atom. The van der Waals surface area contributed by atoms with Gasteiger partial charge in [-0.05, 0) is 122 Å². The summed E-state index contributed by atoms with van der Waals surface area (Å²) < 4.78 is 68.6.